The molecule has 3 atom stereocenters. The molecule has 0 saturated heterocycles. The number of esters is 1. The maximum atomic E-state index is 12.1. The van der Waals surface area contributed by atoms with E-state index in [0.29, 0.717) is 24.3 Å². The summed E-state index contributed by atoms with van der Waals surface area (Å²) in [5.41, 5.74) is 0. The van der Waals surface area contributed by atoms with E-state index in [4.69, 9.17) is 4.74 Å². The molecule has 1 fully saturated rings. The fraction of sp³-hybridized carbons (Fsp3) is 0.900. The fourth-order valence-corrected chi connectivity index (χ4v) is 4.85. The molecule has 0 aromatic carbocycles. The average Bonchev–Trinajstić information content (AvgIpc) is 2.68. The summed E-state index contributed by atoms with van der Waals surface area (Å²) < 4.78 is 17.0. The van der Waals surface area contributed by atoms with Gasteiger partial charge in [0.15, 0.2) is 5.96 Å². The fourth-order valence-electron chi connectivity index (χ4n) is 3.50. The minimum absolute atomic E-state index is 0. The standard InChI is InChI=1S/C20H39N3O3S.HI/c1-4-26-19(24)14-9-7-6-8-10-15-22-20(21-3)23-17-12-11-13-18(16-17)27(25)5-2;/h17-18H,4-16H2,1-3H3,(H2,21,22,23);1H. The molecular weight excluding hydrogens is 489 g/mol. The van der Waals surface area contributed by atoms with Crippen molar-refractivity contribution in [1.82, 2.24) is 10.6 Å². The zero-order valence-electron chi connectivity index (χ0n) is 17.8. The van der Waals surface area contributed by atoms with E-state index in [9.17, 15) is 9.00 Å². The average molecular weight is 530 g/mol. The Morgan fingerprint density at radius 3 is 2.54 bits per heavy atom. The monoisotopic (exact) mass is 529 g/mol. The van der Waals surface area contributed by atoms with Gasteiger partial charge in [0.25, 0.3) is 0 Å². The zero-order valence-corrected chi connectivity index (χ0v) is 21.0. The van der Waals surface area contributed by atoms with E-state index in [1.165, 1.54) is 0 Å². The van der Waals surface area contributed by atoms with Gasteiger partial charge in [-0.2, -0.15) is 0 Å². The quantitative estimate of drug-likeness (QED) is 0.132. The van der Waals surface area contributed by atoms with Gasteiger partial charge in [-0.15, -0.1) is 24.0 Å². The molecule has 1 saturated carbocycles. The summed E-state index contributed by atoms with van der Waals surface area (Å²) in [6.07, 6.45) is 10.2. The summed E-state index contributed by atoms with van der Waals surface area (Å²) in [6.45, 7) is 5.21. The number of nitrogens with zero attached hydrogens (tertiary/aromatic N) is 1. The highest BCUT2D eigenvalue weighted by atomic mass is 127. The largest absolute Gasteiger partial charge is 0.466 e. The number of carbonyl (C=O) groups excluding carboxylic acids is 1. The first-order valence-corrected chi connectivity index (χ1v) is 12.0. The summed E-state index contributed by atoms with van der Waals surface area (Å²) in [7, 11) is 1.11. The highest BCUT2D eigenvalue weighted by Crippen LogP contribution is 2.22. The highest BCUT2D eigenvalue weighted by Gasteiger charge is 2.25. The molecule has 28 heavy (non-hydrogen) atoms. The van der Waals surface area contributed by atoms with Crippen LogP contribution >= 0.6 is 24.0 Å². The first kappa shape index (κ1) is 27.6. The lowest BCUT2D eigenvalue weighted by molar-refractivity contribution is -0.143. The Morgan fingerprint density at radius 2 is 1.86 bits per heavy atom. The molecule has 2 N–H and O–H groups in total. The van der Waals surface area contributed by atoms with Gasteiger partial charge in [-0.1, -0.05) is 32.6 Å². The summed E-state index contributed by atoms with van der Waals surface area (Å²) >= 11 is 0. The molecule has 6 nitrogen and oxygen atoms in total. The van der Waals surface area contributed by atoms with Crippen LogP contribution in [0, 0.1) is 0 Å². The number of ether oxygens (including phenoxy) is 1. The second kappa shape index (κ2) is 17.5. The van der Waals surface area contributed by atoms with Gasteiger partial charge in [0.1, 0.15) is 0 Å². The van der Waals surface area contributed by atoms with Crippen LogP contribution in [0.15, 0.2) is 4.99 Å². The van der Waals surface area contributed by atoms with E-state index in [-0.39, 0.29) is 29.9 Å². The number of hydrogen-bond donors (Lipinski definition) is 2. The predicted octanol–water partition coefficient (Wildman–Crippen LogP) is 3.75. The molecule has 0 amide bonds. The summed E-state index contributed by atoms with van der Waals surface area (Å²) in [5.74, 6) is 1.52. The van der Waals surface area contributed by atoms with Crippen molar-refractivity contribution in [3.05, 3.63) is 0 Å². The minimum atomic E-state index is -0.696. The lowest BCUT2D eigenvalue weighted by Gasteiger charge is -2.30. The number of carbonyl (C=O) groups is 1. The van der Waals surface area contributed by atoms with Crippen molar-refractivity contribution in [1.29, 1.82) is 0 Å². The molecule has 0 aliphatic heterocycles. The molecule has 0 heterocycles. The van der Waals surface area contributed by atoms with Crippen LogP contribution in [0.5, 0.6) is 0 Å². The summed E-state index contributed by atoms with van der Waals surface area (Å²) in [5, 5.41) is 7.22. The smallest absolute Gasteiger partial charge is 0.305 e. The molecule has 1 aliphatic rings. The molecule has 166 valence electrons. The normalized spacial score (nSPS) is 20.8. The van der Waals surface area contributed by atoms with Crippen molar-refractivity contribution in [3.63, 3.8) is 0 Å². The Morgan fingerprint density at radius 1 is 1.14 bits per heavy atom. The highest BCUT2D eigenvalue weighted by molar-refractivity contribution is 14.0. The SMILES string of the molecule is CCOC(=O)CCCCCCCNC(=NC)NC1CCCC(S(=O)CC)C1.I. The summed E-state index contributed by atoms with van der Waals surface area (Å²) in [6, 6.07) is 0.369. The lowest BCUT2D eigenvalue weighted by Crippen LogP contribution is -2.46. The first-order chi connectivity index (χ1) is 13.1. The third kappa shape index (κ3) is 12.2. The van der Waals surface area contributed by atoms with Gasteiger partial charge < -0.3 is 15.4 Å². The molecule has 0 spiro atoms. The lowest BCUT2D eigenvalue weighted by atomic mass is 9.95. The van der Waals surface area contributed by atoms with Crippen molar-refractivity contribution in [3.8, 4) is 0 Å². The van der Waals surface area contributed by atoms with Gasteiger partial charge in [0, 0.05) is 47.9 Å². The number of halogens is 1. The van der Waals surface area contributed by atoms with Gasteiger partial charge in [-0.25, -0.2) is 0 Å². The molecule has 1 aliphatic carbocycles. The van der Waals surface area contributed by atoms with Crippen LogP contribution in [0.4, 0.5) is 0 Å². The Balaban J connectivity index is 0.00000729. The second-order valence-electron chi connectivity index (χ2n) is 7.12. The molecule has 0 aromatic rings. The number of unbranched alkanes of at least 4 members (excludes halogenated alkanes) is 4. The number of rotatable bonds is 12. The zero-order chi connectivity index (χ0) is 19.9. The topological polar surface area (TPSA) is 79.8 Å². The Hall–Kier alpha value is -0.380. The van der Waals surface area contributed by atoms with Crippen molar-refractivity contribution >= 4 is 46.7 Å². The van der Waals surface area contributed by atoms with E-state index in [2.05, 4.69) is 15.6 Å². The van der Waals surface area contributed by atoms with E-state index < -0.39 is 10.8 Å². The Bertz CT molecular complexity index is 478. The van der Waals surface area contributed by atoms with Crippen LogP contribution < -0.4 is 10.6 Å². The van der Waals surface area contributed by atoms with Crippen molar-refractivity contribution in [2.75, 3.05) is 26.0 Å². The van der Waals surface area contributed by atoms with Crippen LogP contribution in [0.1, 0.15) is 78.1 Å². The number of guanidine groups is 1. The Kier molecular flexibility index (Phi) is 17.2. The maximum absolute atomic E-state index is 12.1. The third-order valence-corrected chi connectivity index (χ3v) is 6.74. The van der Waals surface area contributed by atoms with Crippen molar-refractivity contribution in [2.24, 2.45) is 4.99 Å². The maximum Gasteiger partial charge on any atom is 0.305 e. The Labute approximate surface area is 190 Å². The third-order valence-electron chi connectivity index (χ3n) is 5.00. The molecule has 8 heteroatoms. The van der Waals surface area contributed by atoms with Gasteiger partial charge in [-0.05, 0) is 39.0 Å². The van der Waals surface area contributed by atoms with Crippen LogP contribution in [0.2, 0.25) is 0 Å². The number of aliphatic imine (C=N–C) groups is 1. The van der Waals surface area contributed by atoms with E-state index in [0.717, 1.165) is 76.0 Å². The van der Waals surface area contributed by atoms with Crippen LogP contribution in [0.3, 0.4) is 0 Å². The van der Waals surface area contributed by atoms with Crippen molar-refractivity contribution < 1.29 is 13.7 Å². The molecule has 0 aromatic heterocycles. The van der Waals surface area contributed by atoms with Crippen molar-refractivity contribution in [2.45, 2.75) is 89.3 Å². The second-order valence-corrected chi connectivity index (χ2v) is 9.13. The van der Waals surface area contributed by atoms with Crippen LogP contribution in [-0.2, 0) is 20.3 Å². The minimum Gasteiger partial charge on any atom is -0.466 e. The molecule has 3 unspecified atom stereocenters. The predicted molar refractivity (Wildman–Crippen MR) is 129 cm³/mol. The van der Waals surface area contributed by atoms with Crippen LogP contribution in [0.25, 0.3) is 0 Å². The van der Waals surface area contributed by atoms with Gasteiger partial charge in [0.05, 0.1) is 6.61 Å². The van der Waals surface area contributed by atoms with E-state index in [1.807, 2.05) is 13.8 Å². The molecule has 0 radical (unpaired) electrons. The van der Waals surface area contributed by atoms with Crippen LogP contribution in [-0.4, -0.2) is 53.4 Å². The molecule has 1 rings (SSSR count). The van der Waals surface area contributed by atoms with Gasteiger partial charge in [0.2, 0.25) is 0 Å². The number of hydrogen-bond acceptors (Lipinski definition) is 4. The van der Waals surface area contributed by atoms with Gasteiger partial charge in [-0.3, -0.25) is 14.0 Å². The number of nitrogens with one attached hydrogen (secondary N) is 2. The van der Waals surface area contributed by atoms with E-state index in [1.54, 1.807) is 7.05 Å². The molecule has 0 bridgehead atoms. The van der Waals surface area contributed by atoms with Gasteiger partial charge >= 0.3 is 5.97 Å². The first-order valence-electron chi connectivity index (χ1n) is 10.6. The molecular formula is C20H40IN3O3S. The van der Waals surface area contributed by atoms with E-state index >= 15 is 0 Å². The summed E-state index contributed by atoms with van der Waals surface area (Å²) in [4.78, 5) is 15.6.